The van der Waals surface area contributed by atoms with Crippen LogP contribution in [0.3, 0.4) is 0 Å². The standard InChI is InChI=1S/C12H13BrN2O2S/c1-8-12(13,11(16)15(2)14-8)9-4-6-10(7-5-9)18(3)17/h4-7H,1-3H3. The quantitative estimate of drug-likeness (QED) is 0.778. The van der Waals surface area contributed by atoms with Gasteiger partial charge in [-0.3, -0.25) is 9.00 Å². The lowest BCUT2D eigenvalue weighted by atomic mass is 9.94. The highest BCUT2D eigenvalue weighted by molar-refractivity contribution is 9.10. The van der Waals surface area contributed by atoms with Gasteiger partial charge in [-0.15, -0.1) is 0 Å². The Labute approximate surface area is 117 Å². The summed E-state index contributed by atoms with van der Waals surface area (Å²) in [5.41, 5.74) is 1.49. The predicted octanol–water partition coefficient (Wildman–Crippen LogP) is 1.86. The van der Waals surface area contributed by atoms with E-state index in [-0.39, 0.29) is 5.91 Å². The second-order valence-corrected chi connectivity index (χ2v) is 6.72. The number of likely N-dealkylation sites (N-methyl/N-ethyl adjacent to an activating group) is 1. The summed E-state index contributed by atoms with van der Waals surface area (Å²) in [6, 6.07) is 7.16. The number of halogens is 1. The van der Waals surface area contributed by atoms with Crippen molar-refractivity contribution in [2.24, 2.45) is 5.10 Å². The first-order valence-electron chi connectivity index (χ1n) is 5.34. The van der Waals surface area contributed by atoms with Gasteiger partial charge in [0, 0.05) is 29.0 Å². The summed E-state index contributed by atoms with van der Waals surface area (Å²) in [7, 11) is 0.612. The van der Waals surface area contributed by atoms with E-state index < -0.39 is 15.1 Å². The number of hydrazone groups is 1. The molecule has 1 amide bonds. The van der Waals surface area contributed by atoms with Gasteiger partial charge in [-0.05, 0) is 24.6 Å². The molecule has 0 N–H and O–H groups in total. The number of hydrogen-bond donors (Lipinski definition) is 0. The van der Waals surface area contributed by atoms with Gasteiger partial charge in [-0.25, -0.2) is 5.01 Å². The Hall–Kier alpha value is -1.01. The number of carbonyl (C=O) groups excluding carboxylic acids is 1. The van der Waals surface area contributed by atoms with Gasteiger partial charge in [0.05, 0.1) is 5.71 Å². The maximum absolute atomic E-state index is 12.2. The van der Waals surface area contributed by atoms with E-state index in [0.717, 1.165) is 10.5 Å². The van der Waals surface area contributed by atoms with E-state index in [2.05, 4.69) is 21.0 Å². The number of hydrogen-bond acceptors (Lipinski definition) is 3. The highest BCUT2D eigenvalue weighted by Gasteiger charge is 2.47. The predicted molar refractivity (Wildman–Crippen MR) is 75.3 cm³/mol. The lowest BCUT2D eigenvalue weighted by molar-refractivity contribution is -0.129. The maximum Gasteiger partial charge on any atom is 0.269 e. The molecule has 1 aliphatic rings. The van der Waals surface area contributed by atoms with Crippen LogP contribution in [-0.2, 0) is 19.9 Å². The Morgan fingerprint density at radius 3 is 2.28 bits per heavy atom. The van der Waals surface area contributed by atoms with Crippen molar-refractivity contribution in [3.63, 3.8) is 0 Å². The summed E-state index contributed by atoms with van der Waals surface area (Å²) in [4.78, 5) is 12.9. The molecule has 0 fully saturated rings. The van der Waals surface area contributed by atoms with Crippen molar-refractivity contribution in [2.45, 2.75) is 16.1 Å². The third-order valence-corrected chi connectivity index (χ3v) is 5.28. The number of alkyl halides is 1. The average molecular weight is 329 g/mol. The Morgan fingerprint density at radius 1 is 1.33 bits per heavy atom. The number of nitrogens with zero attached hydrogens (tertiary/aromatic N) is 2. The Bertz CT molecular complexity index is 556. The zero-order chi connectivity index (χ0) is 13.5. The summed E-state index contributed by atoms with van der Waals surface area (Å²) in [6.45, 7) is 1.81. The molecule has 2 atom stereocenters. The van der Waals surface area contributed by atoms with Crippen LogP contribution in [0.2, 0.25) is 0 Å². The van der Waals surface area contributed by atoms with E-state index in [4.69, 9.17) is 0 Å². The molecule has 1 aliphatic heterocycles. The molecule has 2 unspecified atom stereocenters. The topological polar surface area (TPSA) is 49.7 Å². The number of benzene rings is 1. The molecule has 96 valence electrons. The molecule has 18 heavy (non-hydrogen) atoms. The Morgan fingerprint density at radius 2 is 1.89 bits per heavy atom. The minimum absolute atomic E-state index is 0.120. The van der Waals surface area contributed by atoms with Crippen LogP contribution >= 0.6 is 15.9 Å². The molecular weight excluding hydrogens is 316 g/mol. The van der Waals surface area contributed by atoms with Crippen molar-refractivity contribution in [1.29, 1.82) is 0 Å². The van der Waals surface area contributed by atoms with E-state index in [1.165, 1.54) is 5.01 Å². The Kier molecular flexibility index (Phi) is 3.42. The molecule has 1 heterocycles. The van der Waals surface area contributed by atoms with Gasteiger partial charge in [0.15, 0.2) is 4.32 Å². The second-order valence-electron chi connectivity index (χ2n) is 4.15. The normalized spacial score (nSPS) is 25.2. The first kappa shape index (κ1) is 13.4. The van der Waals surface area contributed by atoms with E-state index in [0.29, 0.717) is 5.71 Å². The second kappa shape index (κ2) is 4.59. The van der Waals surface area contributed by atoms with Crippen LogP contribution in [0.1, 0.15) is 12.5 Å². The van der Waals surface area contributed by atoms with Crippen molar-refractivity contribution in [2.75, 3.05) is 13.3 Å². The highest BCUT2D eigenvalue weighted by Crippen LogP contribution is 2.39. The van der Waals surface area contributed by atoms with Gasteiger partial charge >= 0.3 is 0 Å². The smallest absolute Gasteiger partial charge is 0.269 e. The number of rotatable bonds is 2. The monoisotopic (exact) mass is 328 g/mol. The third kappa shape index (κ3) is 1.93. The van der Waals surface area contributed by atoms with Crippen LogP contribution in [0, 0.1) is 0 Å². The molecule has 0 saturated heterocycles. The fourth-order valence-electron chi connectivity index (χ4n) is 1.93. The summed E-state index contributed by atoms with van der Waals surface area (Å²) in [5, 5.41) is 5.48. The van der Waals surface area contributed by atoms with Gasteiger partial charge in [0.25, 0.3) is 5.91 Å². The van der Waals surface area contributed by atoms with Gasteiger partial charge in [0.2, 0.25) is 0 Å². The first-order chi connectivity index (χ1) is 8.37. The zero-order valence-corrected chi connectivity index (χ0v) is 12.7. The van der Waals surface area contributed by atoms with Gasteiger partial charge < -0.3 is 0 Å². The lowest BCUT2D eigenvalue weighted by Crippen LogP contribution is -2.36. The molecule has 1 aromatic rings. The van der Waals surface area contributed by atoms with Crippen LogP contribution in [0.25, 0.3) is 0 Å². The molecule has 6 heteroatoms. The van der Waals surface area contributed by atoms with Gasteiger partial charge in [-0.2, -0.15) is 5.10 Å². The van der Waals surface area contributed by atoms with E-state index in [9.17, 15) is 9.00 Å². The summed E-state index contributed by atoms with van der Waals surface area (Å²) < 4.78 is 10.4. The van der Waals surface area contributed by atoms with Crippen molar-refractivity contribution in [3.8, 4) is 0 Å². The zero-order valence-electron chi connectivity index (χ0n) is 10.3. The highest BCUT2D eigenvalue weighted by atomic mass is 79.9. The van der Waals surface area contributed by atoms with Crippen molar-refractivity contribution >= 4 is 38.3 Å². The molecule has 1 aromatic carbocycles. The first-order valence-corrected chi connectivity index (χ1v) is 7.69. The molecule has 0 bridgehead atoms. The summed E-state index contributed by atoms with van der Waals surface area (Å²) >= 11 is 3.49. The average Bonchev–Trinajstić information content (AvgIpc) is 2.54. The third-order valence-electron chi connectivity index (χ3n) is 2.97. The van der Waals surface area contributed by atoms with Crippen LogP contribution < -0.4 is 0 Å². The molecule has 0 radical (unpaired) electrons. The van der Waals surface area contributed by atoms with Crippen molar-refractivity contribution in [3.05, 3.63) is 29.8 Å². The van der Waals surface area contributed by atoms with Gasteiger partial charge in [-0.1, -0.05) is 28.1 Å². The van der Waals surface area contributed by atoms with E-state index >= 15 is 0 Å². The number of carbonyl (C=O) groups is 1. The van der Waals surface area contributed by atoms with Crippen LogP contribution in [0.5, 0.6) is 0 Å². The minimum atomic E-state index is -1.02. The SMILES string of the molecule is CC1=NN(C)C(=O)C1(Br)c1ccc(S(C)=O)cc1. The minimum Gasteiger partial charge on any atom is -0.270 e. The molecule has 2 rings (SSSR count). The maximum atomic E-state index is 12.2. The molecule has 0 aliphatic carbocycles. The lowest BCUT2D eigenvalue weighted by Gasteiger charge is -2.21. The molecule has 0 spiro atoms. The van der Waals surface area contributed by atoms with E-state index in [1.54, 1.807) is 25.4 Å². The van der Waals surface area contributed by atoms with Crippen LogP contribution in [-0.4, -0.2) is 34.1 Å². The fraction of sp³-hybridized carbons (Fsp3) is 0.333. The van der Waals surface area contributed by atoms with E-state index in [1.807, 2.05) is 19.1 Å². The van der Waals surface area contributed by atoms with Crippen molar-refractivity contribution in [1.82, 2.24) is 5.01 Å². The largest absolute Gasteiger partial charge is 0.270 e. The Balaban J connectivity index is 2.46. The molecule has 0 saturated carbocycles. The molecular formula is C12H13BrN2O2S. The fourth-order valence-corrected chi connectivity index (χ4v) is 3.05. The van der Waals surface area contributed by atoms with Crippen LogP contribution in [0.15, 0.2) is 34.3 Å². The van der Waals surface area contributed by atoms with Crippen LogP contribution in [0.4, 0.5) is 0 Å². The van der Waals surface area contributed by atoms with Crippen molar-refractivity contribution < 1.29 is 9.00 Å². The van der Waals surface area contributed by atoms with Gasteiger partial charge in [0.1, 0.15) is 0 Å². The number of amides is 1. The summed E-state index contributed by atoms with van der Waals surface area (Å²) in [6.07, 6.45) is 1.63. The molecule has 0 aromatic heterocycles. The molecule has 4 nitrogen and oxygen atoms in total. The summed E-state index contributed by atoms with van der Waals surface area (Å²) in [5.74, 6) is -0.120.